The summed E-state index contributed by atoms with van der Waals surface area (Å²) >= 11 is 2.06. The smallest absolute Gasteiger partial charge is 0.0234 e. The predicted octanol–water partition coefficient (Wildman–Crippen LogP) is 3.91. The van der Waals surface area contributed by atoms with Crippen LogP contribution in [0.5, 0.6) is 0 Å². The molecule has 20 heavy (non-hydrogen) atoms. The van der Waals surface area contributed by atoms with Gasteiger partial charge in [-0.25, -0.2) is 0 Å². The first-order valence-electron chi connectivity index (χ1n) is 7.34. The van der Waals surface area contributed by atoms with Gasteiger partial charge in [0.15, 0.2) is 0 Å². The summed E-state index contributed by atoms with van der Waals surface area (Å²) in [6.45, 7) is 2.22. The summed E-state index contributed by atoms with van der Waals surface area (Å²) in [5.74, 6) is 1.79. The van der Waals surface area contributed by atoms with Crippen molar-refractivity contribution in [1.82, 2.24) is 4.90 Å². The molecule has 2 aromatic rings. The van der Waals surface area contributed by atoms with Gasteiger partial charge in [0.2, 0.25) is 0 Å². The molecule has 1 atom stereocenters. The number of rotatable bonds is 1. The van der Waals surface area contributed by atoms with Gasteiger partial charge in [-0.3, -0.25) is 0 Å². The fourth-order valence-corrected chi connectivity index (χ4v) is 4.86. The lowest BCUT2D eigenvalue weighted by atomic mass is 9.83. The van der Waals surface area contributed by atoms with Crippen LogP contribution in [-0.4, -0.2) is 24.2 Å². The molecule has 0 saturated carbocycles. The highest BCUT2D eigenvalue weighted by molar-refractivity contribution is 7.99. The topological polar surface area (TPSA) is 3.24 Å². The van der Waals surface area contributed by atoms with Crippen LogP contribution in [0.15, 0.2) is 47.4 Å². The minimum atomic E-state index is 0.533. The van der Waals surface area contributed by atoms with E-state index in [1.807, 2.05) is 0 Å². The predicted molar refractivity (Wildman–Crippen MR) is 85.5 cm³/mol. The first kappa shape index (κ1) is 12.5. The largest absolute Gasteiger partial charge is 0.301 e. The zero-order valence-corrected chi connectivity index (χ0v) is 12.6. The Bertz CT molecular complexity index is 635. The van der Waals surface area contributed by atoms with Crippen LogP contribution in [-0.2, 0) is 13.0 Å². The van der Waals surface area contributed by atoms with E-state index in [4.69, 9.17) is 0 Å². The molecule has 2 aromatic carbocycles. The van der Waals surface area contributed by atoms with Crippen molar-refractivity contribution in [2.24, 2.45) is 0 Å². The zero-order valence-electron chi connectivity index (χ0n) is 11.8. The van der Waals surface area contributed by atoms with Gasteiger partial charge >= 0.3 is 0 Å². The number of aryl methyl sites for hydroxylation is 1. The molecular weight excluding hydrogens is 262 g/mol. The molecule has 102 valence electrons. The van der Waals surface area contributed by atoms with Crippen LogP contribution in [0.4, 0.5) is 0 Å². The fourth-order valence-electron chi connectivity index (χ4n) is 3.55. The summed E-state index contributed by atoms with van der Waals surface area (Å²) in [6, 6.07) is 15.7. The van der Waals surface area contributed by atoms with Crippen LogP contribution in [0.2, 0.25) is 0 Å². The lowest BCUT2D eigenvalue weighted by molar-refractivity contribution is 0.293. The number of likely N-dealkylation sites (N-methyl/N-ethyl adjacent to an activating group) is 1. The third kappa shape index (κ3) is 1.99. The van der Waals surface area contributed by atoms with Gasteiger partial charge in [-0.15, -0.1) is 11.8 Å². The molecule has 2 heteroatoms. The second-order valence-electron chi connectivity index (χ2n) is 5.89. The van der Waals surface area contributed by atoms with E-state index in [1.54, 1.807) is 16.0 Å². The van der Waals surface area contributed by atoms with Gasteiger partial charge in [-0.1, -0.05) is 42.5 Å². The quantitative estimate of drug-likeness (QED) is 0.779. The van der Waals surface area contributed by atoms with Crippen molar-refractivity contribution in [1.29, 1.82) is 0 Å². The normalized spacial score (nSPS) is 21.6. The van der Waals surface area contributed by atoms with Crippen molar-refractivity contribution in [2.45, 2.75) is 23.8 Å². The second kappa shape index (κ2) is 4.94. The molecule has 0 aliphatic carbocycles. The van der Waals surface area contributed by atoms with Gasteiger partial charge in [0.05, 0.1) is 0 Å². The maximum atomic E-state index is 2.45. The van der Waals surface area contributed by atoms with Gasteiger partial charge in [0, 0.05) is 29.7 Å². The highest BCUT2D eigenvalue weighted by Gasteiger charge is 2.30. The molecule has 1 nitrogen and oxygen atoms in total. The summed E-state index contributed by atoms with van der Waals surface area (Å²) in [4.78, 5) is 4.04. The molecule has 1 unspecified atom stereocenters. The van der Waals surface area contributed by atoms with E-state index in [0.717, 1.165) is 13.1 Å². The van der Waals surface area contributed by atoms with Gasteiger partial charge in [0.25, 0.3) is 0 Å². The molecule has 0 fully saturated rings. The number of nitrogens with zero attached hydrogens (tertiary/aromatic N) is 1. The molecular formula is C18H19NS. The summed E-state index contributed by atoms with van der Waals surface area (Å²) in [5.41, 5.74) is 6.18. The van der Waals surface area contributed by atoms with Crippen molar-refractivity contribution in [3.63, 3.8) is 0 Å². The Morgan fingerprint density at radius 1 is 1.05 bits per heavy atom. The maximum Gasteiger partial charge on any atom is 0.0234 e. The Kier molecular flexibility index (Phi) is 3.08. The maximum absolute atomic E-state index is 2.45. The Labute approximate surface area is 125 Å². The number of hydrogen-bond donors (Lipinski definition) is 0. The Morgan fingerprint density at radius 3 is 2.70 bits per heavy atom. The molecule has 0 N–H and O–H groups in total. The molecule has 2 aliphatic heterocycles. The van der Waals surface area contributed by atoms with Gasteiger partial charge in [-0.2, -0.15) is 0 Å². The molecule has 0 spiro atoms. The van der Waals surface area contributed by atoms with E-state index >= 15 is 0 Å². The standard InChI is InChI=1S/C18H19NS/c1-19-11-15-8-7-14-9-10-20-18(14)17(15)16(12-19)13-5-3-2-4-6-13/h2-8,16H,9-12H2,1H3. The van der Waals surface area contributed by atoms with E-state index < -0.39 is 0 Å². The molecule has 0 bridgehead atoms. The lowest BCUT2D eigenvalue weighted by Gasteiger charge is -2.34. The summed E-state index contributed by atoms with van der Waals surface area (Å²) in [6.07, 6.45) is 1.24. The van der Waals surface area contributed by atoms with Gasteiger partial charge in [-0.05, 0) is 35.7 Å². The number of hydrogen-bond acceptors (Lipinski definition) is 2. The van der Waals surface area contributed by atoms with Crippen molar-refractivity contribution in [3.8, 4) is 0 Å². The number of fused-ring (bicyclic) bond motifs is 3. The molecule has 0 aromatic heterocycles. The van der Waals surface area contributed by atoms with Crippen LogP contribution < -0.4 is 0 Å². The first-order valence-corrected chi connectivity index (χ1v) is 8.32. The zero-order chi connectivity index (χ0) is 13.5. The van der Waals surface area contributed by atoms with Crippen molar-refractivity contribution in [2.75, 3.05) is 19.3 Å². The molecule has 0 amide bonds. The molecule has 2 heterocycles. The third-order valence-corrected chi connectivity index (χ3v) is 5.65. The lowest BCUT2D eigenvalue weighted by Crippen LogP contribution is -2.31. The average molecular weight is 281 g/mol. The number of benzene rings is 2. The van der Waals surface area contributed by atoms with Gasteiger partial charge in [0.1, 0.15) is 0 Å². The van der Waals surface area contributed by atoms with Crippen LogP contribution in [0.1, 0.15) is 28.2 Å². The van der Waals surface area contributed by atoms with Crippen LogP contribution in [0, 0.1) is 0 Å². The summed E-state index contributed by atoms with van der Waals surface area (Å²) in [7, 11) is 2.24. The summed E-state index contributed by atoms with van der Waals surface area (Å²) in [5, 5.41) is 0. The Morgan fingerprint density at radius 2 is 1.85 bits per heavy atom. The van der Waals surface area contributed by atoms with Crippen molar-refractivity contribution < 1.29 is 0 Å². The van der Waals surface area contributed by atoms with E-state index in [9.17, 15) is 0 Å². The summed E-state index contributed by atoms with van der Waals surface area (Å²) < 4.78 is 0. The highest BCUT2D eigenvalue weighted by Crippen LogP contribution is 2.44. The van der Waals surface area contributed by atoms with E-state index in [0.29, 0.717) is 5.92 Å². The Balaban J connectivity index is 1.89. The average Bonchev–Trinajstić information content (AvgIpc) is 2.95. The van der Waals surface area contributed by atoms with Crippen molar-refractivity contribution in [3.05, 3.63) is 64.7 Å². The minimum Gasteiger partial charge on any atom is -0.301 e. The van der Waals surface area contributed by atoms with E-state index in [-0.39, 0.29) is 0 Å². The van der Waals surface area contributed by atoms with Crippen molar-refractivity contribution >= 4 is 11.8 Å². The molecule has 2 aliphatic rings. The van der Waals surface area contributed by atoms with E-state index in [1.165, 1.54) is 23.3 Å². The van der Waals surface area contributed by atoms with Crippen LogP contribution in [0.25, 0.3) is 0 Å². The van der Waals surface area contributed by atoms with Crippen LogP contribution in [0.3, 0.4) is 0 Å². The molecule has 0 saturated heterocycles. The van der Waals surface area contributed by atoms with E-state index in [2.05, 4.69) is 66.2 Å². The third-order valence-electron chi connectivity index (χ3n) is 4.47. The van der Waals surface area contributed by atoms with Gasteiger partial charge < -0.3 is 4.90 Å². The Hall–Kier alpha value is -1.25. The minimum absolute atomic E-state index is 0.533. The first-order chi connectivity index (χ1) is 9.83. The number of thioether (sulfide) groups is 1. The monoisotopic (exact) mass is 281 g/mol. The second-order valence-corrected chi connectivity index (χ2v) is 6.99. The SMILES string of the molecule is CN1Cc2ccc3c(c2C(c2ccccc2)C1)SCC3. The molecule has 4 rings (SSSR count). The molecule has 0 radical (unpaired) electrons. The highest BCUT2D eigenvalue weighted by atomic mass is 32.2. The fraction of sp³-hybridized carbons (Fsp3) is 0.333. The van der Waals surface area contributed by atoms with Crippen LogP contribution >= 0.6 is 11.8 Å².